The number of aryl methyl sites for hydroxylation is 4. The average Bonchev–Trinajstić information content (AvgIpc) is 3.32. The maximum absolute atomic E-state index is 11.9. The van der Waals surface area contributed by atoms with E-state index in [-0.39, 0.29) is 5.69 Å². The molecule has 0 saturated heterocycles. The predicted molar refractivity (Wildman–Crippen MR) is 128 cm³/mol. The summed E-state index contributed by atoms with van der Waals surface area (Å²) >= 11 is 7.91. The van der Waals surface area contributed by atoms with E-state index in [1.165, 1.54) is 4.88 Å². The van der Waals surface area contributed by atoms with Crippen molar-refractivity contribution < 1.29 is 14.6 Å². The van der Waals surface area contributed by atoms with Gasteiger partial charge in [0.15, 0.2) is 0 Å². The molecule has 2 aromatic heterocycles. The second kappa shape index (κ2) is 8.77. The van der Waals surface area contributed by atoms with Crippen LogP contribution in [0.5, 0.6) is 5.75 Å². The molecule has 0 aliphatic rings. The van der Waals surface area contributed by atoms with Gasteiger partial charge in [-0.05, 0) is 79.4 Å². The second-order valence-electron chi connectivity index (χ2n) is 7.73. The van der Waals surface area contributed by atoms with E-state index >= 15 is 0 Å². The fourth-order valence-corrected chi connectivity index (χ4v) is 4.86. The molecule has 0 saturated carbocycles. The van der Waals surface area contributed by atoms with Gasteiger partial charge in [0, 0.05) is 20.8 Å². The summed E-state index contributed by atoms with van der Waals surface area (Å²) in [7, 11) is 0. The van der Waals surface area contributed by atoms with Crippen LogP contribution in [-0.4, -0.2) is 22.7 Å². The van der Waals surface area contributed by atoms with Crippen molar-refractivity contribution in [2.24, 2.45) is 0 Å². The van der Waals surface area contributed by atoms with Gasteiger partial charge >= 0.3 is 5.97 Å². The van der Waals surface area contributed by atoms with Crippen LogP contribution in [0.25, 0.3) is 22.0 Å². The van der Waals surface area contributed by atoms with Crippen LogP contribution >= 0.6 is 22.9 Å². The molecule has 0 aliphatic heterocycles. The van der Waals surface area contributed by atoms with Gasteiger partial charge in [0.1, 0.15) is 11.4 Å². The number of nitrogens with one attached hydrogen (secondary N) is 1. The van der Waals surface area contributed by atoms with Crippen LogP contribution in [0, 0.1) is 20.8 Å². The number of hydrogen-bond acceptors (Lipinski definition) is 3. The smallest absolute Gasteiger partial charge is 0.352 e. The number of fused-ring (bicyclic) bond motifs is 1. The Morgan fingerprint density at radius 1 is 1.13 bits per heavy atom. The largest absolute Gasteiger partial charge is 0.494 e. The van der Waals surface area contributed by atoms with Crippen LogP contribution in [0.3, 0.4) is 0 Å². The third-order valence-corrected chi connectivity index (χ3v) is 7.00. The van der Waals surface area contributed by atoms with E-state index < -0.39 is 5.97 Å². The van der Waals surface area contributed by atoms with Gasteiger partial charge in [-0.25, -0.2) is 4.79 Å². The first kappa shape index (κ1) is 21.5. The molecule has 4 nitrogen and oxygen atoms in total. The van der Waals surface area contributed by atoms with Gasteiger partial charge in [-0.15, -0.1) is 11.3 Å². The predicted octanol–water partition coefficient (Wildman–Crippen LogP) is 7.18. The first-order valence-electron chi connectivity index (χ1n) is 10.2. The summed E-state index contributed by atoms with van der Waals surface area (Å²) in [6.07, 6.45) is 1.31. The summed E-state index contributed by atoms with van der Waals surface area (Å²) in [6, 6.07) is 12.0. The Bertz CT molecular complexity index is 1250. The van der Waals surface area contributed by atoms with Crippen LogP contribution in [0.1, 0.15) is 38.5 Å². The number of hydrogen-bond donors (Lipinski definition) is 2. The minimum atomic E-state index is -0.941. The lowest BCUT2D eigenvalue weighted by atomic mass is 10.0. The van der Waals surface area contributed by atoms with Gasteiger partial charge in [-0.1, -0.05) is 29.8 Å². The minimum Gasteiger partial charge on any atom is -0.494 e. The van der Waals surface area contributed by atoms with Crippen molar-refractivity contribution >= 4 is 39.8 Å². The van der Waals surface area contributed by atoms with Crippen LogP contribution in [0.15, 0.2) is 41.8 Å². The molecule has 0 amide bonds. The number of carboxylic acid groups (broad SMARTS) is 1. The molecule has 4 rings (SSSR count). The molecule has 2 aromatic carbocycles. The molecule has 31 heavy (non-hydrogen) atoms. The molecule has 0 spiro atoms. The zero-order valence-corrected chi connectivity index (χ0v) is 19.3. The molecule has 6 heteroatoms. The standard InChI is InChI=1S/C25H24ClNO3S/c1-14-12-17(13-15(2)22(14)26)30-10-5-8-21-20-7-4-6-19(18-9-11-31-16(18)3)23(20)27-24(21)25(28)29/h4,6-7,9,11-13,27H,5,8,10H2,1-3H3,(H,28,29). The lowest BCUT2D eigenvalue weighted by Crippen LogP contribution is -2.04. The maximum Gasteiger partial charge on any atom is 0.352 e. The molecule has 2 heterocycles. The average molecular weight is 454 g/mol. The van der Waals surface area contributed by atoms with E-state index in [1.807, 2.05) is 44.2 Å². The Morgan fingerprint density at radius 2 is 1.87 bits per heavy atom. The van der Waals surface area contributed by atoms with Crippen LogP contribution in [0.2, 0.25) is 5.02 Å². The number of rotatable bonds is 7. The second-order valence-corrected chi connectivity index (χ2v) is 9.22. The Balaban J connectivity index is 1.58. The quantitative estimate of drug-likeness (QED) is 0.291. The van der Waals surface area contributed by atoms with Gasteiger partial charge < -0.3 is 14.8 Å². The number of ether oxygens (including phenoxy) is 1. The third kappa shape index (κ3) is 4.21. The first-order chi connectivity index (χ1) is 14.9. The monoisotopic (exact) mass is 453 g/mol. The summed E-state index contributed by atoms with van der Waals surface area (Å²) in [5, 5.41) is 13.6. The van der Waals surface area contributed by atoms with Gasteiger partial charge in [0.05, 0.1) is 12.1 Å². The summed E-state index contributed by atoms with van der Waals surface area (Å²) in [5.74, 6) is -0.156. The van der Waals surface area contributed by atoms with Gasteiger partial charge in [0.25, 0.3) is 0 Å². The number of aromatic amines is 1. The van der Waals surface area contributed by atoms with Crippen molar-refractivity contribution in [1.82, 2.24) is 4.98 Å². The summed E-state index contributed by atoms with van der Waals surface area (Å²) in [6.45, 7) is 6.49. The van der Waals surface area contributed by atoms with Crippen LogP contribution in [-0.2, 0) is 6.42 Å². The minimum absolute atomic E-state index is 0.258. The van der Waals surface area contributed by atoms with E-state index in [1.54, 1.807) is 11.3 Å². The molecule has 160 valence electrons. The fraction of sp³-hybridized carbons (Fsp3) is 0.240. The number of aromatic carboxylic acids is 1. The van der Waals surface area contributed by atoms with Crippen LogP contribution in [0.4, 0.5) is 0 Å². The highest BCUT2D eigenvalue weighted by Crippen LogP contribution is 2.35. The van der Waals surface area contributed by atoms with Crippen molar-refractivity contribution in [2.75, 3.05) is 6.61 Å². The topological polar surface area (TPSA) is 62.3 Å². The number of benzene rings is 2. The van der Waals surface area contributed by atoms with E-state index in [4.69, 9.17) is 16.3 Å². The summed E-state index contributed by atoms with van der Waals surface area (Å²) in [4.78, 5) is 16.3. The van der Waals surface area contributed by atoms with Gasteiger partial charge in [0.2, 0.25) is 0 Å². The summed E-state index contributed by atoms with van der Waals surface area (Å²) in [5.41, 5.74) is 6.10. The Morgan fingerprint density at radius 3 is 2.52 bits per heavy atom. The number of thiophene rings is 1. The van der Waals surface area contributed by atoms with Crippen LogP contribution < -0.4 is 4.74 Å². The van der Waals surface area contributed by atoms with Crippen molar-refractivity contribution in [3.8, 4) is 16.9 Å². The van der Waals surface area contributed by atoms with Crippen molar-refractivity contribution in [1.29, 1.82) is 0 Å². The van der Waals surface area contributed by atoms with Crippen molar-refractivity contribution in [2.45, 2.75) is 33.6 Å². The lowest BCUT2D eigenvalue weighted by molar-refractivity contribution is 0.0690. The number of carboxylic acids is 1. The molecular formula is C25H24ClNO3S. The van der Waals surface area contributed by atoms with E-state index in [9.17, 15) is 9.90 Å². The fourth-order valence-electron chi connectivity index (χ4n) is 4.03. The SMILES string of the molecule is Cc1cc(OCCCc2c(C(=O)O)[nH]c3c(-c4ccsc4C)cccc23)cc(C)c1Cl. The van der Waals surface area contributed by atoms with Gasteiger partial charge in [-0.2, -0.15) is 0 Å². The number of para-hydroxylation sites is 1. The number of halogens is 1. The molecule has 4 aromatic rings. The molecule has 0 bridgehead atoms. The highest BCUT2D eigenvalue weighted by atomic mass is 35.5. The zero-order valence-electron chi connectivity index (χ0n) is 17.7. The molecule has 0 fully saturated rings. The Labute approximate surface area is 190 Å². The molecular weight excluding hydrogens is 430 g/mol. The molecule has 0 unspecified atom stereocenters. The van der Waals surface area contributed by atoms with Crippen molar-refractivity contribution in [3.63, 3.8) is 0 Å². The van der Waals surface area contributed by atoms with E-state index in [0.29, 0.717) is 19.4 Å². The number of aromatic nitrogens is 1. The number of carbonyl (C=O) groups is 1. The molecule has 0 atom stereocenters. The molecule has 0 aliphatic carbocycles. The Kier molecular flexibility index (Phi) is 6.08. The van der Waals surface area contributed by atoms with E-state index in [2.05, 4.69) is 23.4 Å². The highest BCUT2D eigenvalue weighted by molar-refractivity contribution is 7.10. The highest BCUT2D eigenvalue weighted by Gasteiger charge is 2.19. The van der Waals surface area contributed by atoms with E-state index in [0.717, 1.165) is 49.5 Å². The normalized spacial score (nSPS) is 11.2. The number of H-pyrrole nitrogens is 1. The Hall–Kier alpha value is -2.76. The molecule has 2 N–H and O–H groups in total. The lowest BCUT2D eigenvalue weighted by Gasteiger charge is -2.10. The molecule has 0 radical (unpaired) electrons. The first-order valence-corrected chi connectivity index (χ1v) is 11.4. The summed E-state index contributed by atoms with van der Waals surface area (Å²) < 4.78 is 5.92. The zero-order chi connectivity index (χ0) is 22.1. The van der Waals surface area contributed by atoms with Crippen molar-refractivity contribution in [3.05, 3.63) is 74.1 Å². The van der Waals surface area contributed by atoms with Gasteiger partial charge in [-0.3, -0.25) is 0 Å². The maximum atomic E-state index is 11.9. The third-order valence-electron chi connectivity index (χ3n) is 5.55.